The lowest BCUT2D eigenvalue weighted by atomic mass is 10.1. The van der Waals surface area contributed by atoms with Gasteiger partial charge in [-0.2, -0.15) is 0 Å². The second-order valence-corrected chi connectivity index (χ2v) is 5.10. The van der Waals surface area contributed by atoms with E-state index in [0.29, 0.717) is 6.42 Å². The fourth-order valence-electron chi connectivity index (χ4n) is 2.30. The number of amides is 1. The summed E-state index contributed by atoms with van der Waals surface area (Å²) in [6.45, 7) is 1.59. The minimum atomic E-state index is -0.999. The summed E-state index contributed by atoms with van der Waals surface area (Å²) < 4.78 is 26.7. The monoisotopic (exact) mass is 283 g/mol. The van der Waals surface area contributed by atoms with Gasteiger partial charge in [0.15, 0.2) is 11.6 Å². The van der Waals surface area contributed by atoms with Crippen molar-refractivity contribution in [1.29, 1.82) is 0 Å². The summed E-state index contributed by atoms with van der Waals surface area (Å²) in [6, 6.07) is 3.43. The second kappa shape index (κ2) is 5.56. The third-order valence-electron chi connectivity index (χ3n) is 3.38. The molecule has 0 spiro atoms. The van der Waals surface area contributed by atoms with Gasteiger partial charge in [-0.25, -0.2) is 8.78 Å². The Balaban J connectivity index is 1.96. The maximum Gasteiger partial charge on any atom is 0.305 e. The fourth-order valence-corrected chi connectivity index (χ4v) is 2.30. The molecule has 0 saturated heterocycles. The highest BCUT2D eigenvalue weighted by Gasteiger charge is 2.45. The number of aliphatic carboxylic acids is 1. The maximum atomic E-state index is 13.6. The first-order chi connectivity index (χ1) is 9.40. The largest absolute Gasteiger partial charge is 0.481 e. The number of carboxylic acid groups (broad SMARTS) is 1. The van der Waals surface area contributed by atoms with E-state index >= 15 is 0 Å². The van der Waals surface area contributed by atoms with Gasteiger partial charge in [-0.1, -0.05) is 12.1 Å². The Labute approximate surface area is 114 Å². The number of carbonyl (C=O) groups excluding carboxylic acids is 1. The van der Waals surface area contributed by atoms with Gasteiger partial charge in [-0.05, 0) is 30.9 Å². The molecule has 1 aromatic rings. The molecule has 1 aliphatic carbocycles. The molecule has 2 rings (SSSR count). The van der Waals surface area contributed by atoms with Crippen LogP contribution in [-0.4, -0.2) is 23.0 Å². The van der Waals surface area contributed by atoms with Crippen molar-refractivity contribution in [2.45, 2.75) is 31.7 Å². The van der Waals surface area contributed by atoms with E-state index in [4.69, 9.17) is 5.11 Å². The molecule has 1 aromatic carbocycles. The minimum absolute atomic E-state index is 0.169. The van der Waals surface area contributed by atoms with Crippen LogP contribution >= 0.6 is 0 Å². The first-order valence-corrected chi connectivity index (χ1v) is 6.36. The molecule has 0 radical (unpaired) electrons. The van der Waals surface area contributed by atoms with Crippen LogP contribution in [-0.2, 0) is 9.59 Å². The zero-order valence-corrected chi connectivity index (χ0v) is 10.9. The molecule has 3 atom stereocenters. The van der Waals surface area contributed by atoms with Crippen molar-refractivity contribution in [3.63, 3.8) is 0 Å². The van der Waals surface area contributed by atoms with Crippen LogP contribution in [0.25, 0.3) is 0 Å². The summed E-state index contributed by atoms with van der Waals surface area (Å²) in [5.74, 6) is -3.89. The van der Waals surface area contributed by atoms with Gasteiger partial charge >= 0.3 is 5.97 Å². The first-order valence-electron chi connectivity index (χ1n) is 6.36. The number of hydrogen-bond acceptors (Lipinski definition) is 2. The van der Waals surface area contributed by atoms with Crippen molar-refractivity contribution < 1.29 is 23.5 Å². The molecule has 0 aliphatic heterocycles. The quantitative estimate of drug-likeness (QED) is 0.869. The number of hydrogen-bond donors (Lipinski definition) is 2. The molecular weight excluding hydrogens is 268 g/mol. The van der Waals surface area contributed by atoms with Crippen molar-refractivity contribution >= 4 is 11.9 Å². The van der Waals surface area contributed by atoms with E-state index in [0.717, 1.165) is 6.07 Å². The van der Waals surface area contributed by atoms with Crippen LogP contribution in [0.2, 0.25) is 0 Å². The van der Waals surface area contributed by atoms with E-state index in [9.17, 15) is 18.4 Å². The Morgan fingerprint density at radius 1 is 1.45 bits per heavy atom. The van der Waals surface area contributed by atoms with Crippen LogP contribution in [0.5, 0.6) is 0 Å². The van der Waals surface area contributed by atoms with Gasteiger partial charge in [-0.15, -0.1) is 0 Å². The molecule has 1 aliphatic rings. The van der Waals surface area contributed by atoms with Gasteiger partial charge in [-0.3, -0.25) is 9.59 Å². The summed E-state index contributed by atoms with van der Waals surface area (Å²) in [5.41, 5.74) is 0.205. The minimum Gasteiger partial charge on any atom is -0.481 e. The number of carboxylic acids is 1. The number of halogens is 2. The van der Waals surface area contributed by atoms with Crippen molar-refractivity contribution in [3.05, 3.63) is 35.4 Å². The average Bonchev–Trinajstić information content (AvgIpc) is 3.11. The van der Waals surface area contributed by atoms with Crippen molar-refractivity contribution in [2.24, 2.45) is 5.92 Å². The lowest BCUT2D eigenvalue weighted by molar-refractivity contribution is -0.137. The predicted molar refractivity (Wildman–Crippen MR) is 67.1 cm³/mol. The molecule has 0 bridgehead atoms. The molecule has 3 unspecified atom stereocenters. The lowest BCUT2D eigenvalue weighted by Gasteiger charge is -2.11. The van der Waals surface area contributed by atoms with Crippen molar-refractivity contribution in [3.8, 4) is 0 Å². The topological polar surface area (TPSA) is 66.4 Å². The van der Waals surface area contributed by atoms with Crippen LogP contribution in [0.3, 0.4) is 0 Å². The third-order valence-corrected chi connectivity index (χ3v) is 3.38. The summed E-state index contributed by atoms with van der Waals surface area (Å²) >= 11 is 0. The smallest absolute Gasteiger partial charge is 0.305 e. The molecule has 108 valence electrons. The summed E-state index contributed by atoms with van der Waals surface area (Å²) in [5, 5.41) is 11.2. The van der Waals surface area contributed by atoms with Crippen molar-refractivity contribution in [2.75, 3.05) is 0 Å². The molecule has 1 fully saturated rings. The molecular formula is C14H15F2NO3. The Hall–Kier alpha value is -1.98. The van der Waals surface area contributed by atoms with Crippen LogP contribution < -0.4 is 5.32 Å². The molecule has 1 saturated carbocycles. The molecule has 4 nitrogen and oxygen atoms in total. The highest BCUT2D eigenvalue weighted by atomic mass is 19.2. The van der Waals surface area contributed by atoms with Gasteiger partial charge in [0, 0.05) is 12.0 Å². The van der Waals surface area contributed by atoms with Crippen LogP contribution in [0.4, 0.5) is 8.78 Å². The van der Waals surface area contributed by atoms with Crippen molar-refractivity contribution in [1.82, 2.24) is 5.32 Å². The maximum absolute atomic E-state index is 13.6. The number of nitrogens with one attached hydrogen (secondary N) is 1. The number of rotatable bonds is 5. The standard InChI is InChI=1S/C14H15F2NO3/c1-7(5-12(18)19)17-14(20)10-6-9(10)8-3-2-4-11(15)13(8)16/h2-4,7,9-10H,5-6H2,1H3,(H,17,20)(H,18,19). The molecule has 1 amide bonds. The van der Waals surface area contributed by atoms with Crippen LogP contribution in [0, 0.1) is 17.6 Å². The fraction of sp³-hybridized carbons (Fsp3) is 0.429. The van der Waals surface area contributed by atoms with E-state index in [2.05, 4.69) is 5.32 Å². The highest BCUT2D eigenvalue weighted by molar-refractivity contribution is 5.83. The molecule has 2 N–H and O–H groups in total. The van der Waals surface area contributed by atoms with Gasteiger partial charge in [0.25, 0.3) is 0 Å². The zero-order valence-electron chi connectivity index (χ0n) is 10.9. The second-order valence-electron chi connectivity index (χ2n) is 5.10. The van der Waals surface area contributed by atoms with Gasteiger partial charge in [0.2, 0.25) is 5.91 Å². The molecule has 0 aromatic heterocycles. The number of carbonyl (C=O) groups is 2. The molecule has 0 heterocycles. The lowest BCUT2D eigenvalue weighted by Crippen LogP contribution is -2.35. The third kappa shape index (κ3) is 3.12. The van der Waals surface area contributed by atoms with E-state index in [1.165, 1.54) is 12.1 Å². The highest BCUT2D eigenvalue weighted by Crippen LogP contribution is 2.48. The summed E-state index contributed by atoms with van der Waals surface area (Å²) in [6.07, 6.45) is 0.281. The van der Waals surface area contributed by atoms with E-state index in [1.54, 1.807) is 6.92 Å². The Morgan fingerprint density at radius 3 is 2.80 bits per heavy atom. The van der Waals surface area contributed by atoms with Gasteiger partial charge in [0.05, 0.1) is 6.42 Å². The summed E-state index contributed by atoms with van der Waals surface area (Å²) in [7, 11) is 0. The Bertz CT molecular complexity index is 547. The van der Waals surface area contributed by atoms with Crippen LogP contribution in [0.15, 0.2) is 18.2 Å². The van der Waals surface area contributed by atoms with Crippen LogP contribution in [0.1, 0.15) is 31.2 Å². The normalized spacial score (nSPS) is 22.1. The average molecular weight is 283 g/mol. The SMILES string of the molecule is CC(CC(=O)O)NC(=O)C1CC1c1cccc(F)c1F. The zero-order chi connectivity index (χ0) is 14.9. The van der Waals surface area contributed by atoms with E-state index in [-0.39, 0.29) is 23.8 Å². The van der Waals surface area contributed by atoms with Gasteiger partial charge in [0.1, 0.15) is 0 Å². The number of benzene rings is 1. The first kappa shape index (κ1) is 14.4. The summed E-state index contributed by atoms with van der Waals surface area (Å²) in [4.78, 5) is 22.4. The van der Waals surface area contributed by atoms with E-state index in [1.807, 2.05) is 0 Å². The molecule has 6 heteroatoms. The predicted octanol–water partition coefficient (Wildman–Crippen LogP) is 2.05. The van der Waals surface area contributed by atoms with E-state index < -0.39 is 29.6 Å². The Morgan fingerprint density at radius 2 is 2.15 bits per heavy atom. The Kier molecular flexibility index (Phi) is 4.01. The van der Waals surface area contributed by atoms with Gasteiger partial charge < -0.3 is 10.4 Å². The molecule has 20 heavy (non-hydrogen) atoms.